The number of para-hydroxylation sites is 1. The number of urea groups is 1. The monoisotopic (exact) mass is 589 g/mol. The van der Waals surface area contributed by atoms with Crippen molar-refractivity contribution in [3.8, 4) is 11.5 Å². The van der Waals surface area contributed by atoms with Gasteiger partial charge in [-0.25, -0.2) is 14.2 Å². The average molecular weight is 590 g/mol. The number of hydrogen-bond acceptors (Lipinski definition) is 7. The van der Waals surface area contributed by atoms with E-state index < -0.39 is 24.2 Å². The number of benzene rings is 2. The van der Waals surface area contributed by atoms with Gasteiger partial charge in [0.2, 0.25) is 5.91 Å². The SMILES string of the molecule is COCCC(=O)N1C[C@@H](F)[C@@H](NC(=O)c2sc3nccc4c3c2NC(=O)N4c2ccc(Oc3ccccc3)cc2C)C1. The number of alkyl halides is 1. The Morgan fingerprint density at radius 2 is 1.93 bits per heavy atom. The summed E-state index contributed by atoms with van der Waals surface area (Å²) in [5, 5.41) is 6.21. The number of pyridine rings is 1. The lowest BCUT2D eigenvalue weighted by molar-refractivity contribution is -0.131. The number of nitrogens with one attached hydrogen (secondary N) is 2. The summed E-state index contributed by atoms with van der Waals surface area (Å²) in [5.74, 6) is 0.563. The van der Waals surface area contributed by atoms with Gasteiger partial charge >= 0.3 is 6.03 Å². The van der Waals surface area contributed by atoms with Crippen molar-refractivity contribution in [1.29, 1.82) is 0 Å². The van der Waals surface area contributed by atoms with Gasteiger partial charge in [-0.3, -0.25) is 14.5 Å². The van der Waals surface area contributed by atoms with Crippen LogP contribution in [-0.4, -0.2) is 66.7 Å². The maximum absolute atomic E-state index is 14.8. The van der Waals surface area contributed by atoms with Crippen molar-refractivity contribution in [2.45, 2.75) is 25.6 Å². The van der Waals surface area contributed by atoms with Gasteiger partial charge in [0, 0.05) is 19.9 Å². The molecule has 216 valence electrons. The largest absolute Gasteiger partial charge is 0.457 e. The topological polar surface area (TPSA) is 113 Å². The van der Waals surface area contributed by atoms with Crippen LogP contribution in [0.2, 0.25) is 0 Å². The molecule has 0 saturated carbocycles. The number of ether oxygens (including phenoxy) is 2. The fraction of sp³-hybridized carbons (Fsp3) is 0.267. The third-order valence-corrected chi connectivity index (χ3v) is 8.37. The molecule has 42 heavy (non-hydrogen) atoms. The molecular weight excluding hydrogens is 561 g/mol. The molecule has 6 rings (SSSR count). The number of likely N-dealkylation sites (tertiary alicyclic amines) is 1. The fourth-order valence-corrected chi connectivity index (χ4v) is 6.26. The maximum atomic E-state index is 14.8. The van der Waals surface area contributed by atoms with E-state index in [1.165, 1.54) is 12.0 Å². The van der Waals surface area contributed by atoms with Crippen LogP contribution in [0.25, 0.3) is 10.2 Å². The van der Waals surface area contributed by atoms with Crippen LogP contribution in [0.4, 0.5) is 26.2 Å². The summed E-state index contributed by atoms with van der Waals surface area (Å²) >= 11 is 1.12. The molecule has 0 unspecified atom stereocenters. The van der Waals surface area contributed by atoms with Gasteiger partial charge in [-0.2, -0.15) is 0 Å². The zero-order valence-corrected chi connectivity index (χ0v) is 23.7. The molecule has 2 aliphatic rings. The predicted molar refractivity (Wildman–Crippen MR) is 158 cm³/mol. The standard InChI is InChI=1S/C30H28FN5O5S/c1-17-14-19(41-18-6-4-3-5-7-18)8-9-22(17)36-23-10-12-32-29-25(23)26(34-30(36)39)27(42-29)28(38)33-21-16-35(15-20(21)31)24(37)11-13-40-2/h3-10,12,14,20-21H,11,13,15-16H2,1-2H3,(H,33,38)(H,34,39)/t20-,21+/m1/s1. The van der Waals surface area contributed by atoms with Crippen LogP contribution in [-0.2, 0) is 9.53 Å². The van der Waals surface area contributed by atoms with E-state index in [2.05, 4.69) is 15.6 Å². The Kier molecular flexibility index (Phi) is 7.48. The first kappa shape index (κ1) is 27.6. The van der Waals surface area contributed by atoms with E-state index in [-0.39, 0.29) is 36.9 Å². The molecule has 4 heterocycles. The van der Waals surface area contributed by atoms with Crippen LogP contribution in [0.1, 0.15) is 21.7 Å². The number of aromatic nitrogens is 1. The van der Waals surface area contributed by atoms with Crippen LogP contribution in [0.15, 0.2) is 60.8 Å². The number of thiophene rings is 1. The van der Waals surface area contributed by atoms with Crippen LogP contribution < -0.4 is 20.3 Å². The minimum absolute atomic E-state index is 0.0581. The van der Waals surface area contributed by atoms with Gasteiger partial charge in [0.15, 0.2) is 0 Å². The first-order valence-electron chi connectivity index (χ1n) is 13.4. The molecule has 1 fully saturated rings. The molecule has 0 aliphatic carbocycles. The molecule has 2 aliphatic heterocycles. The van der Waals surface area contributed by atoms with Crippen molar-refractivity contribution >= 4 is 56.5 Å². The molecule has 0 spiro atoms. The van der Waals surface area contributed by atoms with Crippen LogP contribution in [0.3, 0.4) is 0 Å². The number of carbonyl (C=O) groups excluding carboxylic acids is 3. The zero-order valence-electron chi connectivity index (χ0n) is 22.9. The van der Waals surface area contributed by atoms with E-state index >= 15 is 0 Å². The summed E-state index contributed by atoms with van der Waals surface area (Å²) in [7, 11) is 1.49. The van der Waals surface area contributed by atoms with E-state index in [4.69, 9.17) is 9.47 Å². The van der Waals surface area contributed by atoms with Crippen LogP contribution in [0, 0.1) is 6.92 Å². The highest BCUT2D eigenvalue weighted by molar-refractivity contribution is 7.21. The first-order chi connectivity index (χ1) is 20.3. The summed E-state index contributed by atoms with van der Waals surface area (Å²) in [4.78, 5) is 47.4. The summed E-state index contributed by atoms with van der Waals surface area (Å²) in [6.45, 7) is 2.09. The Bertz CT molecular complexity index is 1680. The Hall–Kier alpha value is -4.55. The first-order valence-corrected chi connectivity index (χ1v) is 14.2. The molecule has 10 nitrogen and oxygen atoms in total. The highest BCUT2D eigenvalue weighted by Crippen LogP contribution is 2.46. The van der Waals surface area contributed by atoms with Crippen molar-refractivity contribution < 1.29 is 28.2 Å². The average Bonchev–Trinajstić information content (AvgIpc) is 3.54. The van der Waals surface area contributed by atoms with Crippen molar-refractivity contribution in [3.63, 3.8) is 0 Å². The maximum Gasteiger partial charge on any atom is 0.331 e. The molecule has 2 atom stereocenters. The molecular formula is C30H28FN5O5S. The Morgan fingerprint density at radius 3 is 2.69 bits per heavy atom. The molecule has 2 aromatic carbocycles. The van der Waals surface area contributed by atoms with E-state index in [9.17, 15) is 18.8 Å². The van der Waals surface area contributed by atoms with Gasteiger partial charge < -0.3 is 25.0 Å². The van der Waals surface area contributed by atoms with Crippen molar-refractivity contribution in [1.82, 2.24) is 15.2 Å². The van der Waals surface area contributed by atoms with Gasteiger partial charge in [-0.1, -0.05) is 18.2 Å². The van der Waals surface area contributed by atoms with E-state index in [1.807, 2.05) is 49.4 Å². The van der Waals surface area contributed by atoms with Gasteiger partial charge in [-0.15, -0.1) is 11.3 Å². The number of rotatable bonds is 8. The smallest absolute Gasteiger partial charge is 0.331 e. The number of nitrogens with zero attached hydrogens (tertiary/aromatic N) is 3. The van der Waals surface area contributed by atoms with Crippen molar-refractivity contribution in [3.05, 3.63) is 71.2 Å². The van der Waals surface area contributed by atoms with Crippen LogP contribution in [0.5, 0.6) is 11.5 Å². The van der Waals surface area contributed by atoms with Crippen molar-refractivity contribution in [2.75, 3.05) is 37.0 Å². The van der Waals surface area contributed by atoms with E-state index in [1.54, 1.807) is 23.2 Å². The zero-order chi connectivity index (χ0) is 29.4. The second kappa shape index (κ2) is 11.4. The molecule has 1 saturated heterocycles. The summed E-state index contributed by atoms with van der Waals surface area (Å²) in [5.41, 5.74) is 2.36. The molecule has 12 heteroatoms. The van der Waals surface area contributed by atoms with Gasteiger partial charge in [0.25, 0.3) is 5.91 Å². The molecule has 2 N–H and O–H groups in total. The second-order valence-electron chi connectivity index (χ2n) is 10.1. The quantitative estimate of drug-likeness (QED) is 0.285. The summed E-state index contributed by atoms with van der Waals surface area (Å²) < 4.78 is 25.7. The number of halogens is 1. The third-order valence-electron chi connectivity index (χ3n) is 7.28. The highest BCUT2D eigenvalue weighted by atomic mass is 32.1. The molecule has 4 amide bonds. The second-order valence-corrected chi connectivity index (χ2v) is 11.1. The number of hydrogen-bond donors (Lipinski definition) is 2. The summed E-state index contributed by atoms with van der Waals surface area (Å²) in [6.07, 6.45) is 0.316. The number of methoxy groups -OCH3 is 1. The molecule has 2 aromatic heterocycles. The summed E-state index contributed by atoms with van der Waals surface area (Å²) in [6, 6.07) is 15.3. The lowest BCUT2D eigenvalue weighted by atomic mass is 10.1. The fourth-order valence-electron chi connectivity index (χ4n) is 5.24. The lowest BCUT2D eigenvalue weighted by Gasteiger charge is -2.29. The normalized spacial score (nSPS) is 17.8. The Morgan fingerprint density at radius 1 is 1.12 bits per heavy atom. The number of anilines is 3. The predicted octanol–water partition coefficient (Wildman–Crippen LogP) is 5.40. The number of amides is 4. The molecule has 0 bridgehead atoms. The minimum atomic E-state index is -1.42. The highest BCUT2D eigenvalue weighted by Gasteiger charge is 2.38. The third kappa shape index (κ3) is 5.14. The van der Waals surface area contributed by atoms with Gasteiger partial charge in [-0.05, 0) is 48.9 Å². The van der Waals surface area contributed by atoms with Crippen molar-refractivity contribution in [2.24, 2.45) is 0 Å². The Labute approximate surface area is 245 Å². The van der Waals surface area contributed by atoms with E-state index in [0.717, 1.165) is 16.9 Å². The van der Waals surface area contributed by atoms with Gasteiger partial charge in [0.1, 0.15) is 27.4 Å². The Balaban J connectivity index is 1.26. The molecule has 0 radical (unpaired) electrons. The van der Waals surface area contributed by atoms with E-state index in [0.29, 0.717) is 38.8 Å². The van der Waals surface area contributed by atoms with Crippen LogP contribution >= 0.6 is 11.3 Å². The number of aryl methyl sites for hydroxylation is 1. The minimum Gasteiger partial charge on any atom is -0.457 e. The molecule has 4 aromatic rings. The lowest BCUT2D eigenvalue weighted by Crippen LogP contribution is -2.42. The number of carbonyl (C=O) groups is 3. The van der Waals surface area contributed by atoms with Gasteiger partial charge in [0.05, 0.1) is 48.1 Å².